The van der Waals surface area contributed by atoms with E-state index in [4.69, 9.17) is 15.2 Å². The Morgan fingerprint density at radius 3 is 2.74 bits per heavy atom. The SMILES string of the molecule is COc1cc(C=Nn2cc(C)nc2N)c(Br)cc1OCC(=O)NCCc1ccccc1. The molecule has 0 spiro atoms. The summed E-state index contributed by atoms with van der Waals surface area (Å²) < 4.78 is 13.3. The number of nitrogen functional groups attached to an aromatic ring is 1. The van der Waals surface area contributed by atoms with E-state index in [1.807, 2.05) is 37.3 Å². The Morgan fingerprint density at radius 1 is 1.29 bits per heavy atom. The number of aryl methyl sites for hydroxylation is 1. The summed E-state index contributed by atoms with van der Waals surface area (Å²) in [5.74, 6) is 1.03. The van der Waals surface area contributed by atoms with Gasteiger partial charge in [0, 0.05) is 16.6 Å². The van der Waals surface area contributed by atoms with Gasteiger partial charge in [-0.15, -0.1) is 0 Å². The van der Waals surface area contributed by atoms with E-state index in [0.717, 1.165) is 22.2 Å². The molecular weight excluding hydrogens is 462 g/mol. The summed E-state index contributed by atoms with van der Waals surface area (Å²) in [4.78, 5) is 16.2. The van der Waals surface area contributed by atoms with Crippen molar-refractivity contribution in [3.05, 3.63) is 70.0 Å². The van der Waals surface area contributed by atoms with Crippen LogP contribution in [0.15, 0.2) is 58.2 Å². The minimum Gasteiger partial charge on any atom is -0.493 e. The normalized spacial score (nSPS) is 10.9. The second kappa shape index (κ2) is 10.6. The average molecular weight is 486 g/mol. The smallest absolute Gasteiger partial charge is 0.257 e. The van der Waals surface area contributed by atoms with Crippen molar-refractivity contribution >= 4 is 34.0 Å². The van der Waals surface area contributed by atoms with Crippen LogP contribution in [0.2, 0.25) is 0 Å². The zero-order chi connectivity index (χ0) is 22.2. The number of rotatable bonds is 9. The van der Waals surface area contributed by atoms with Crippen LogP contribution in [0.1, 0.15) is 16.8 Å². The van der Waals surface area contributed by atoms with E-state index >= 15 is 0 Å². The van der Waals surface area contributed by atoms with E-state index in [1.54, 1.807) is 24.5 Å². The standard InChI is InChI=1S/C22H24BrN5O3/c1-15-13-28(22(24)27-15)26-12-17-10-19(30-2)20(11-18(17)23)31-14-21(29)25-9-8-16-6-4-3-5-7-16/h3-7,10-13H,8-9,14H2,1-2H3,(H2,24,27)(H,25,29). The lowest BCUT2D eigenvalue weighted by Gasteiger charge is -2.13. The van der Waals surface area contributed by atoms with Gasteiger partial charge in [-0.3, -0.25) is 4.79 Å². The minimum atomic E-state index is -0.203. The van der Waals surface area contributed by atoms with Crippen LogP contribution < -0.4 is 20.5 Å². The van der Waals surface area contributed by atoms with Gasteiger partial charge in [0.25, 0.3) is 5.91 Å². The number of carbonyl (C=O) groups is 1. The van der Waals surface area contributed by atoms with Gasteiger partial charge in [-0.2, -0.15) is 5.10 Å². The topological polar surface area (TPSA) is 104 Å². The van der Waals surface area contributed by atoms with E-state index < -0.39 is 0 Å². The molecule has 0 aliphatic heterocycles. The molecule has 0 saturated heterocycles. The van der Waals surface area contributed by atoms with Gasteiger partial charge in [0.1, 0.15) is 0 Å². The van der Waals surface area contributed by atoms with Gasteiger partial charge in [-0.25, -0.2) is 9.66 Å². The quantitative estimate of drug-likeness (QED) is 0.453. The Labute approximate surface area is 189 Å². The number of anilines is 1. The highest BCUT2D eigenvalue weighted by Crippen LogP contribution is 2.33. The number of benzene rings is 2. The van der Waals surface area contributed by atoms with Gasteiger partial charge in [-0.1, -0.05) is 30.3 Å². The number of methoxy groups -OCH3 is 1. The molecule has 0 aliphatic rings. The van der Waals surface area contributed by atoms with Gasteiger partial charge in [-0.05, 0) is 47.0 Å². The number of hydrogen-bond donors (Lipinski definition) is 2. The maximum atomic E-state index is 12.1. The van der Waals surface area contributed by atoms with Crippen LogP contribution in [0.4, 0.5) is 5.95 Å². The molecule has 0 bridgehead atoms. The maximum absolute atomic E-state index is 12.1. The van der Waals surface area contributed by atoms with Crippen molar-refractivity contribution in [2.24, 2.45) is 5.10 Å². The van der Waals surface area contributed by atoms with Crippen molar-refractivity contribution in [3.8, 4) is 11.5 Å². The number of ether oxygens (including phenoxy) is 2. The molecule has 3 N–H and O–H groups in total. The van der Waals surface area contributed by atoms with Crippen LogP contribution in [0.5, 0.6) is 11.5 Å². The molecule has 1 heterocycles. The Balaban J connectivity index is 1.59. The minimum absolute atomic E-state index is 0.115. The van der Waals surface area contributed by atoms with Crippen molar-refractivity contribution in [2.45, 2.75) is 13.3 Å². The van der Waals surface area contributed by atoms with Gasteiger partial charge in [0.2, 0.25) is 5.95 Å². The van der Waals surface area contributed by atoms with Gasteiger partial charge in [0.15, 0.2) is 18.1 Å². The molecule has 0 aliphatic carbocycles. The lowest BCUT2D eigenvalue weighted by molar-refractivity contribution is -0.123. The number of amides is 1. The predicted molar refractivity (Wildman–Crippen MR) is 124 cm³/mol. The lowest BCUT2D eigenvalue weighted by atomic mass is 10.1. The Hall–Kier alpha value is -3.33. The molecule has 1 amide bonds. The molecule has 0 unspecified atom stereocenters. The Bertz CT molecular complexity index is 1070. The zero-order valence-electron chi connectivity index (χ0n) is 17.3. The molecule has 0 saturated carbocycles. The number of nitrogens with two attached hydrogens (primary N) is 1. The highest BCUT2D eigenvalue weighted by atomic mass is 79.9. The molecule has 0 radical (unpaired) electrons. The molecular formula is C22H24BrN5O3. The van der Waals surface area contributed by atoms with Crippen LogP contribution in [0.3, 0.4) is 0 Å². The number of nitrogens with one attached hydrogen (secondary N) is 1. The Kier molecular flexibility index (Phi) is 7.66. The van der Waals surface area contributed by atoms with Crippen molar-refractivity contribution in [1.29, 1.82) is 0 Å². The molecule has 0 fully saturated rings. The maximum Gasteiger partial charge on any atom is 0.257 e. The number of hydrogen-bond acceptors (Lipinski definition) is 6. The summed E-state index contributed by atoms with van der Waals surface area (Å²) in [6, 6.07) is 13.5. The largest absolute Gasteiger partial charge is 0.493 e. The van der Waals surface area contributed by atoms with Crippen LogP contribution in [-0.4, -0.2) is 42.0 Å². The summed E-state index contributed by atoms with van der Waals surface area (Å²) >= 11 is 3.50. The first-order valence-corrected chi connectivity index (χ1v) is 10.4. The molecule has 8 nitrogen and oxygen atoms in total. The van der Waals surface area contributed by atoms with E-state index in [-0.39, 0.29) is 12.5 Å². The first-order chi connectivity index (χ1) is 15.0. The number of imidazole rings is 1. The number of aromatic nitrogens is 2. The van der Waals surface area contributed by atoms with E-state index in [1.165, 1.54) is 17.3 Å². The number of carbonyl (C=O) groups excluding carboxylic acids is 1. The fourth-order valence-electron chi connectivity index (χ4n) is 2.83. The molecule has 0 atom stereocenters. The molecule has 3 rings (SSSR count). The van der Waals surface area contributed by atoms with Gasteiger partial charge >= 0.3 is 0 Å². The van der Waals surface area contributed by atoms with Gasteiger partial charge < -0.3 is 20.5 Å². The average Bonchev–Trinajstić information content (AvgIpc) is 3.09. The monoisotopic (exact) mass is 485 g/mol. The molecule has 3 aromatic rings. The van der Waals surface area contributed by atoms with Crippen LogP contribution in [-0.2, 0) is 11.2 Å². The third-order valence-electron chi connectivity index (χ3n) is 4.38. The first-order valence-electron chi connectivity index (χ1n) is 9.63. The number of nitrogens with zero attached hydrogens (tertiary/aromatic N) is 3. The van der Waals surface area contributed by atoms with Crippen molar-refractivity contribution in [3.63, 3.8) is 0 Å². The van der Waals surface area contributed by atoms with Crippen LogP contribution >= 0.6 is 15.9 Å². The van der Waals surface area contributed by atoms with E-state index in [0.29, 0.717) is 24.0 Å². The molecule has 1 aromatic heterocycles. The van der Waals surface area contributed by atoms with Crippen molar-refractivity contribution < 1.29 is 14.3 Å². The second-order valence-corrected chi connectivity index (χ2v) is 7.58. The number of halogens is 1. The van der Waals surface area contributed by atoms with Gasteiger partial charge in [0.05, 0.1) is 25.2 Å². The van der Waals surface area contributed by atoms with Crippen molar-refractivity contribution in [1.82, 2.24) is 15.0 Å². The summed E-state index contributed by atoms with van der Waals surface area (Å²) in [6.45, 7) is 2.26. The lowest BCUT2D eigenvalue weighted by Crippen LogP contribution is -2.30. The summed E-state index contributed by atoms with van der Waals surface area (Å²) in [6.07, 6.45) is 4.12. The first kappa shape index (κ1) is 22.4. The molecule has 9 heteroatoms. The van der Waals surface area contributed by atoms with Crippen LogP contribution in [0, 0.1) is 6.92 Å². The second-order valence-electron chi connectivity index (χ2n) is 6.73. The van der Waals surface area contributed by atoms with Crippen molar-refractivity contribution in [2.75, 3.05) is 26.0 Å². The third kappa shape index (κ3) is 6.32. The summed E-state index contributed by atoms with van der Waals surface area (Å²) in [5, 5.41) is 7.16. The van der Waals surface area contributed by atoms with E-state index in [9.17, 15) is 4.79 Å². The fraction of sp³-hybridized carbons (Fsp3) is 0.227. The van der Waals surface area contributed by atoms with Crippen LogP contribution in [0.25, 0.3) is 0 Å². The summed E-state index contributed by atoms with van der Waals surface area (Å²) in [7, 11) is 1.54. The Morgan fingerprint density at radius 2 is 2.06 bits per heavy atom. The predicted octanol–water partition coefficient (Wildman–Crippen LogP) is 3.16. The molecule has 31 heavy (non-hydrogen) atoms. The van der Waals surface area contributed by atoms with E-state index in [2.05, 4.69) is 31.3 Å². The molecule has 162 valence electrons. The highest BCUT2D eigenvalue weighted by Gasteiger charge is 2.12. The molecule has 2 aromatic carbocycles. The third-order valence-corrected chi connectivity index (χ3v) is 5.06. The zero-order valence-corrected chi connectivity index (χ0v) is 18.9. The highest BCUT2D eigenvalue weighted by molar-refractivity contribution is 9.10. The summed E-state index contributed by atoms with van der Waals surface area (Å²) in [5.41, 5.74) is 8.50. The fourth-order valence-corrected chi connectivity index (χ4v) is 3.25.